The molecule has 0 heterocycles. The van der Waals surface area contributed by atoms with E-state index < -0.39 is 32.5 Å². The smallest absolute Gasteiger partial charge is 0.306 e. The van der Waals surface area contributed by atoms with E-state index in [1.54, 1.807) is 0 Å². The van der Waals surface area contributed by atoms with Gasteiger partial charge in [-0.3, -0.25) is 14.2 Å². The van der Waals surface area contributed by atoms with Crippen LogP contribution in [0, 0.1) is 0 Å². The van der Waals surface area contributed by atoms with Crippen LogP contribution in [-0.2, 0) is 32.7 Å². The van der Waals surface area contributed by atoms with E-state index in [-0.39, 0.29) is 26.1 Å². The highest BCUT2D eigenvalue weighted by molar-refractivity contribution is 7.45. The third kappa shape index (κ3) is 42.9. The van der Waals surface area contributed by atoms with Gasteiger partial charge in [0.05, 0.1) is 27.7 Å². The Hall–Kier alpha value is -2.55. The molecule has 0 saturated carbocycles. The van der Waals surface area contributed by atoms with Gasteiger partial charge in [0.2, 0.25) is 0 Å². The van der Waals surface area contributed by atoms with Crippen molar-refractivity contribution in [2.24, 2.45) is 0 Å². The lowest BCUT2D eigenvalue weighted by atomic mass is 10.0. The molecule has 0 N–H and O–H groups in total. The molecule has 0 saturated heterocycles. The first-order valence-electron chi connectivity index (χ1n) is 22.1. The molecular formula is C47H82NO8P. The van der Waals surface area contributed by atoms with Crippen molar-refractivity contribution in [3.8, 4) is 0 Å². The van der Waals surface area contributed by atoms with E-state index in [1.165, 1.54) is 70.6 Å². The molecular weight excluding hydrogens is 737 g/mol. The number of esters is 2. The van der Waals surface area contributed by atoms with E-state index in [9.17, 15) is 19.0 Å². The van der Waals surface area contributed by atoms with Crippen LogP contribution in [0.2, 0.25) is 0 Å². The number of allylic oxidation sites excluding steroid dienone is 12. The summed E-state index contributed by atoms with van der Waals surface area (Å²) in [6.07, 6.45) is 48.0. The molecule has 0 aromatic heterocycles. The molecule has 0 aromatic carbocycles. The highest BCUT2D eigenvalue weighted by atomic mass is 31.2. The van der Waals surface area contributed by atoms with Gasteiger partial charge in [0.25, 0.3) is 7.82 Å². The number of phosphoric acid groups is 1. The largest absolute Gasteiger partial charge is 0.756 e. The number of hydrogen-bond donors (Lipinski definition) is 0. The van der Waals surface area contributed by atoms with Gasteiger partial charge in [-0.05, 0) is 51.4 Å². The number of likely N-dealkylation sites (N-methyl/N-ethyl adjacent to an activating group) is 1. The number of quaternary nitrogens is 1. The summed E-state index contributed by atoms with van der Waals surface area (Å²) >= 11 is 0. The van der Waals surface area contributed by atoms with E-state index in [4.69, 9.17) is 18.5 Å². The summed E-state index contributed by atoms with van der Waals surface area (Å²) < 4.78 is 33.8. The van der Waals surface area contributed by atoms with Gasteiger partial charge >= 0.3 is 11.9 Å². The number of phosphoric ester groups is 1. The van der Waals surface area contributed by atoms with Crippen molar-refractivity contribution in [2.75, 3.05) is 47.5 Å². The Bertz CT molecular complexity index is 1200. The second kappa shape index (κ2) is 38.9. The molecule has 0 spiro atoms. The molecule has 2 atom stereocenters. The molecule has 0 aliphatic carbocycles. The molecule has 0 bridgehead atoms. The Morgan fingerprint density at radius 2 is 1.00 bits per heavy atom. The lowest BCUT2D eigenvalue weighted by Crippen LogP contribution is -2.37. The highest BCUT2D eigenvalue weighted by Crippen LogP contribution is 2.38. The van der Waals surface area contributed by atoms with Crippen LogP contribution >= 0.6 is 7.82 Å². The van der Waals surface area contributed by atoms with Gasteiger partial charge < -0.3 is 27.9 Å². The SMILES string of the molecule is CC/C=C\C/C=C\C/C=C\C/C=C\C/C=C\C/C=C\CCC(=O)O[C@H](COC(=O)CCCCCCCCCCCCCCCC)COP(=O)([O-])OCC[N+](C)(C)C. The average Bonchev–Trinajstić information content (AvgIpc) is 3.16. The zero-order valence-corrected chi connectivity index (χ0v) is 37.7. The van der Waals surface area contributed by atoms with Crippen molar-refractivity contribution >= 4 is 19.8 Å². The fourth-order valence-electron chi connectivity index (χ4n) is 5.56. The van der Waals surface area contributed by atoms with E-state index >= 15 is 0 Å². The van der Waals surface area contributed by atoms with Gasteiger partial charge in [-0.1, -0.05) is 170 Å². The lowest BCUT2D eigenvalue weighted by molar-refractivity contribution is -0.870. The van der Waals surface area contributed by atoms with Crippen molar-refractivity contribution in [3.05, 3.63) is 72.9 Å². The standard InChI is InChI=1S/C47H82NO8P/c1-6-8-10-12-14-16-18-20-22-23-24-25-26-28-30-32-34-36-38-40-47(50)56-45(44-55-57(51,52)54-42-41-48(3,4)5)43-53-46(49)39-37-35-33-31-29-27-21-19-17-15-13-11-9-7-2/h8,10,14,16,20,22,24-25,28,30,34,36,45H,6-7,9,11-13,15,17-19,21,23,26-27,29,31-33,35,37-44H2,1-5H3/b10-8-,16-14-,22-20-,25-24-,30-28-,36-34-/t45-/m1/s1. The number of rotatable bonds is 39. The van der Waals surface area contributed by atoms with Crippen LogP contribution in [0.25, 0.3) is 0 Å². The van der Waals surface area contributed by atoms with Gasteiger partial charge in [0.15, 0.2) is 6.10 Å². The molecule has 0 aromatic rings. The molecule has 10 heteroatoms. The van der Waals surface area contributed by atoms with Gasteiger partial charge in [-0.25, -0.2) is 0 Å². The van der Waals surface area contributed by atoms with Gasteiger partial charge in [-0.15, -0.1) is 0 Å². The molecule has 0 amide bonds. The summed E-state index contributed by atoms with van der Waals surface area (Å²) in [5, 5.41) is 0. The van der Waals surface area contributed by atoms with Crippen LogP contribution < -0.4 is 4.89 Å². The predicted molar refractivity (Wildman–Crippen MR) is 236 cm³/mol. The minimum atomic E-state index is -4.65. The molecule has 0 rings (SSSR count). The lowest BCUT2D eigenvalue weighted by Gasteiger charge is -2.28. The average molecular weight is 820 g/mol. The summed E-state index contributed by atoms with van der Waals surface area (Å²) in [6.45, 7) is 4.01. The van der Waals surface area contributed by atoms with E-state index in [0.29, 0.717) is 17.4 Å². The molecule has 328 valence electrons. The summed E-state index contributed by atoms with van der Waals surface area (Å²) in [4.78, 5) is 37.5. The fourth-order valence-corrected chi connectivity index (χ4v) is 6.29. The zero-order valence-electron chi connectivity index (χ0n) is 36.8. The molecule has 0 aliphatic rings. The maximum atomic E-state index is 12.6. The molecule has 0 radical (unpaired) electrons. The summed E-state index contributed by atoms with van der Waals surface area (Å²) in [7, 11) is 1.11. The number of hydrogen-bond acceptors (Lipinski definition) is 8. The van der Waals surface area contributed by atoms with Gasteiger partial charge in [0.1, 0.15) is 19.8 Å². The minimum absolute atomic E-state index is 0.0468. The highest BCUT2D eigenvalue weighted by Gasteiger charge is 2.21. The monoisotopic (exact) mass is 820 g/mol. The Balaban J connectivity index is 4.50. The first-order valence-corrected chi connectivity index (χ1v) is 23.6. The normalized spacial score (nSPS) is 14.3. The number of nitrogens with zero attached hydrogens (tertiary/aromatic N) is 1. The molecule has 0 fully saturated rings. The van der Waals surface area contributed by atoms with Crippen molar-refractivity contribution < 1.29 is 42.1 Å². The number of carbonyl (C=O) groups is 2. The molecule has 57 heavy (non-hydrogen) atoms. The van der Waals surface area contributed by atoms with E-state index in [2.05, 4.69) is 74.6 Å². The summed E-state index contributed by atoms with van der Waals surface area (Å²) in [5.41, 5.74) is 0. The number of carbonyl (C=O) groups excluding carboxylic acids is 2. The van der Waals surface area contributed by atoms with Crippen LogP contribution in [0.3, 0.4) is 0 Å². The predicted octanol–water partition coefficient (Wildman–Crippen LogP) is 12.0. The van der Waals surface area contributed by atoms with Crippen molar-refractivity contribution in [1.82, 2.24) is 0 Å². The fraction of sp³-hybridized carbons (Fsp3) is 0.702. The number of unbranched alkanes of at least 4 members (excludes halogenated alkanes) is 13. The minimum Gasteiger partial charge on any atom is -0.756 e. The third-order valence-electron chi connectivity index (χ3n) is 9.00. The maximum absolute atomic E-state index is 12.6. The molecule has 0 aliphatic heterocycles. The zero-order chi connectivity index (χ0) is 42.1. The number of ether oxygens (including phenoxy) is 2. The Morgan fingerprint density at radius 1 is 0.561 bits per heavy atom. The summed E-state index contributed by atoms with van der Waals surface area (Å²) in [6, 6.07) is 0. The van der Waals surface area contributed by atoms with Crippen molar-refractivity contribution in [1.29, 1.82) is 0 Å². The van der Waals surface area contributed by atoms with Crippen LogP contribution in [0.5, 0.6) is 0 Å². The Labute approximate surface area is 348 Å². The van der Waals surface area contributed by atoms with Crippen molar-refractivity contribution in [2.45, 2.75) is 168 Å². The Morgan fingerprint density at radius 3 is 1.46 bits per heavy atom. The second-order valence-corrected chi connectivity index (χ2v) is 17.1. The Kier molecular flexibility index (Phi) is 37.2. The quantitative estimate of drug-likeness (QED) is 0.0198. The third-order valence-corrected chi connectivity index (χ3v) is 9.97. The van der Waals surface area contributed by atoms with Crippen LogP contribution in [-0.4, -0.2) is 70.0 Å². The van der Waals surface area contributed by atoms with E-state index in [1.807, 2.05) is 33.3 Å². The molecule has 9 nitrogen and oxygen atoms in total. The van der Waals surface area contributed by atoms with Crippen LogP contribution in [0.15, 0.2) is 72.9 Å². The van der Waals surface area contributed by atoms with Crippen LogP contribution in [0.1, 0.15) is 162 Å². The van der Waals surface area contributed by atoms with Crippen LogP contribution in [0.4, 0.5) is 0 Å². The molecule has 1 unspecified atom stereocenters. The van der Waals surface area contributed by atoms with Gasteiger partial charge in [0, 0.05) is 12.8 Å². The van der Waals surface area contributed by atoms with E-state index in [0.717, 1.165) is 57.8 Å². The topological polar surface area (TPSA) is 111 Å². The van der Waals surface area contributed by atoms with Gasteiger partial charge in [-0.2, -0.15) is 0 Å². The first kappa shape index (κ1) is 54.5. The second-order valence-electron chi connectivity index (χ2n) is 15.7. The van der Waals surface area contributed by atoms with Crippen molar-refractivity contribution in [3.63, 3.8) is 0 Å². The summed E-state index contributed by atoms with van der Waals surface area (Å²) in [5.74, 6) is -0.935. The maximum Gasteiger partial charge on any atom is 0.306 e. The first-order chi connectivity index (χ1) is 27.5.